The number of nitrogens with zero attached hydrogens (tertiary/aromatic N) is 2. The number of carbonyl (C=O) groups excluding carboxylic acids is 3. The van der Waals surface area contributed by atoms with E-state index in [1.807, 2.05) is 0 Å². The predicted octanol–water partition coefficient (Wildman–Crippen LogP) is 0.842. The van der Waals surface area contributed by atoms with E-state index in [1.165, 1.54) is 0 Å². The van der Waals surface area contributed by atoms with E-state index in [2.05, 4.69) is 22.5 Å². The highest BCUT2D eigenvalue weighted by molar-refractivity contribution is 6.09. The summed E-state index contributed by atoms with van der Waals surface area (Å²) in [6.45, 7) is 4.59. The fourth-order valence-corrected chi connectivity index (χ4v) is 4.29. The summed E-state index contributed by atoms with van der Waals surface area (Å²) in [5.41, 5.74) is -0.750. The lowest BCUT2D eigenvalue weighted by Gasteiger charge is -2.30. The van der Waals surface area contributed by atoms with Crippen LogP contribution in [0.2, 0.25) is 0 Å². The maximum atomic E-state index is 12.6. The predicted molar refractivity (Wildman–Crippen MR) is 89.3 cm³/mol. The molecule has 2 N–H and O–H groups in total. The van der Waals surface area contributed by atoms with Gasteiger partial charge >= 0.3 is 6.03 Å². The number of imide groups is 1. The third-order valence-electron chi connectivity index (χ3n) is 5.69. The van der Waals surface area contributed by atoms with Crippen LogP contribution in [-0.2, 0) is 9.59 Å². The van der Waals surface area contributed by atoms with Crippen molar-refractivity contribution in [1.82, 2.24) is 20.4 Å². The summed E-state index contributed by atoms with van der Waals surface area (Å²) in [6.07, 6.45) is 6.60. The number of hydrogen-bond acceptors (Lipinski definition) is 4. The molecule has 0 radical (unpaired) electrons. The Kier molecular flexibility index (Phi) is 5.08. The van der Waals surface area contributed by atoms with Gasteiger partial charge in [0.2, 0.25) is 5.91 Å². The van der Waals surface area contributed by atoms with E-state index < -0.39 is 11.6 Å². The molecule has 0 aromatic rings. The minimum Gasteiger partial charge on any atom is -0.353 e. The van der Waals surface area contributed by atoms with Gasteiger partial charge < -0.3 is 10.6 Å². The first-order chi connectivity index (χ1) is 11.6. The molecule has 4 amide bonds. The molecule has 3 rings (SSSR count). The van der Waals surface area contributed by atoms with E-state index >= 15 is 0 Å². The minimum absolute atomic E-state index is 0.175. The SMILES string of the molecule is CCN1CCCC1CNC(=O)CN1C(=O)NC2(CCCCC2)C1=O. The fourth-order valence-electron chi connectivity index (χ4n) is 4.29. The average Bonchev–Trinajstić information content (AvgIpc) is 3.12. The molecule has 24 heavy (non-hydrogen) atoms. The smallest absolute Gasteiger partial charge is 0.325 e. The highest BCUT2D eigenvalue weighted by Crippen LogP contribution is 2.33. The molecule has 0 aromatic carbocycles. The van der Waals surface area contributed by atoms with Crippen molar-refractivity contribution in [2.45, 2.75) is 63.5 Å². The van der Waals surface area contributed by atoms with Crippen LogP contribution in [0.5, 0.6) is 0 Å². The lowest BCUT2D eigenvalue weighted by atomic mass is 9.82. The van der Waals surface area contributed by atoms with Crippen LogP contribution in [0.4, 0.5) is 4.79 Å². The van der Waals surface area contributed by atoms with Crippen LogP contribution < -0.4 is 10.6 Å². The molecule has 1 atom stereocenters. The number of likely N-dealkylation sites (tertiary alicyclic amines) is 1. The van der Waals surface area contributed by atoms with Gasteiger partial charge in [-0.2, -0.15) is 0 Å². The Balaban J connectivity index is 1.52. The number of rotatable bonds is 5. The minimum atomic E-state index is -0.750. The Labute approximate surface area is 143 Å². The molecular formula is C17H28N4O3. The normalized spacial score (nSPS) is 26.9. The van der Waals surface area contributed by atoms with Crippen LogP contribution in [0, 0.1) is 0 Å². The van der Waals surface area contributed by atoms with Crippen molar-refractivity contribution in [3.05, 3.63) is 0 Å². The summed E-state index contributed by atoms with van der Waals surface area (Å²) in [4.78, 5) is 40.5. The summed E-state index contributed by atoms with van der Waals surface area (Å²) < 4.78 is 0. The number of hydrogen-bond donors (Lipinski definition) is 2. The second-order valence-corrected chi connectivity index (χ2v) is 7.19. The first kappa shape index (κ1) is 17.2. The Hall–Kier alpha value is -1.63. The molecule has 2 heterocycles. The second-order valence-electron chi connectivity index (χ2n) is 7.19. The number of carbonyl (C=O) groups is 3. The molecule has 1 unspecified atom stereocenters. The van der Waals surface area contributed by atoms with Crippen LogP contribution in [0.1, 0.15) is 51.9 Å². The highest BCUT2D eigenvalue weighted by atomic mass is 16.2. The van der Waals surface area contributed by atoms with Crippen molar-refractivity contribution in [2.75, 3.05) is 26.2 Å². The molecule has 134 valence electrons. The van der Waals surface area contributed by atoms with E-state index in [4.69, 9.17) is 0 Å². The van der Waals surface area contributed by atoms with E-state index in [-0.39, 0.29) is 18.4 Å². The van der Waals surface area contributed by atoms with Gasteiger partial charge in [-0.1, -0.05) is 26.2 Å². The van der Waals surface area contributed by atoms with Gasteiger partial charge in [-0.15, -0.1) is 0 Å². The van der Waals surface area contributed by atoms with Crippen molar-refractivity contribution in [3.63, 3.8) is 0 Å². The molecule has 3 aliphatic rings. The summed E-state index contributed by atoms with van der Waals surface area (Å²) >= 11 is 0. The maximum absolute atomic E-state index is 12.6. The van der Waals surface area contributed by atoms with Crippen LogP contribution in [0.3, 0.4) is 0 Å². The van der Waals surface area contributed by atoms with Gasteiger partial charge in [0.15, 0.2) is 0 Å². The molecule has 3 fully saturated rings. The van der Waals surface area contributed by atoms with Crippen molar-refractivity contribution >= 4 is 17.8 Å². The van der Waals surface area contributed by atoms with Gasteiger partial charge in [0.1, 0.15) is 12.1 Å². The summed E-state index contributed by atoms with van der Waals surface area (Å²) in [5, 5.41) is 5.73. The first-order valence-electron chi connectivity index (χ1n) is 9.20. The Morgan fingerprint density at radius 2 is 2.00 bits per heavy atom. The van der Waals surface area contributed by atoms with Gasteiger partial charge in [-0.25, -0.2) is 4.79 Å². The van der Waals surface area contributed by atoms with Gasteiger partial charge in [-0.3, -0.25) is 19.4 Å². The van der Waals surface area contributed by atoms with Crippen LogP contribution in [-0.4, -0.2) is 65.4 Å². The zero-order valence-corrected chi connectivity index (χ0v) is 14.5. The average molecular weight is 336 g/mol. The molecule has 7 heteroatoms. The number of urea groups is 1. The zero-order valence-electron chi connectivity index (χ0n) is 14.5. The topological polar surface area (TPSA) is 81.8 Å². The second kappa shape index (κ2) is 7.09. The van der Waals surface area contributed by atoms with E-state index in [0.717, 1.165) is 50.1 Å². The lowest BCUT2D eigenvalue weighted by Crippen LogP contribution is -2.49. The quantitative estimate of drug-likeness (QED) is 0.729. The molecule has 7 nitrogen and oxygen atoms in total. The molecular weight excluding hydrogens is 308 g/mol. The van der Waals surface area contributed by atoms with Gasteiger partial charge in [0.05, 0.1) is 0 Å². The Bertz CT molecular complexity index is 516. The van der Waals surface area contributed by atoms with Crippen molar-refractivity contribution in [2.24, 2.45) is 0 Å². The molecule has 1 spiro atoms. The van der Waals surface area contributed by atoms with Crippen molar-refractivity contribution in [1.29, 1.82) is 0 Å². The molecule has 1 aliphatic carbocycles. The summed E-state index contributed by atoms with van der Waals surface area (Å²) in [5.74, 6) is -0.479. The Morgan fingerprint density at radius 3 is 2.71 bits per heavy atom. The highest BCUT2D eigenvalue weighted by Gasteiger charge is 2.51. The molecule has 0 aromatic heterocycles. The van der Waals surface area contributed by atoms with Gasteiger partial charge in [-0.05, 0) is 38.8 Å². The van der Waals surface area contributed by atoms with E-state index in [9.17, 15) is 14.4 Å². The van der Waals surface area contributed by atoms with Crippen molar-refractivity contribution < 1.29 is 14.4 Å². The van der Waals surface area contributed by atoms with Crippen molar-refractivity contribution in [3.8, 4) is 0 Å². The van der Waals surface area contributed by atoms with Crippen LogP contribution >= 0.6 is 0 Å². The Morgan fingerprint density at radius 1 is 1.25 bits per heavy atom. The molecule has 2 saturated heterocycles. The zero-order chi connectivity index (χ0) is 17.2. The van der Waals surface area contributed by atoms with E-state index in [0.29, 0.717) is 25.4 Å². The third kappa shape index (κ3) is 3.27. The largest absolute Gasteiger partial charge is 0.353 e. The monoisotopic (exact) mass is 336 g/mol. The number of likely N-dealkylation sites (N-methyl/N-ethyl adjacent to an activating group) is 1. The maximum Gasteiger partial charge on any atom is 0.325 e. The fraction of sp³-hybridized carbons (Fsp3) is 0.824. The third-order valence-corrected chi connectivity index (χ3v) is 5.69. The standard InChI is InChI=1S/C17H28N4O3/c1-2-20-10-6-7-13(20)11-18-14(22)12-21-15(23)17(19-16(21)24)8-4-3-5-9-17/h13H,2-12H2,1H3,(H,18,22)(H,19,24). The van der Waals surface area contributed by atoms with Gasteiger partial charge in [0, 0.05) is 12.6 Å². The molecule has 1 saturated carbocycles. The van der Waals surface area contributed by atoms with Crippen LogP contribution in [0.25, 0.3) is 0 Å². The number of amides is 4. The number of nitrogens with one attached hydrogen (secondary N) is 2. The molecule has 0 bridgehead atoms. The lowest BCUT2D eigenvalue weighted by molar-refractivity contribution is -0.135. The summed E-state index contributed by atoms with van der Waals surface area (Å²) in [7, 11) is 0. The van der Waals surface area contributed by atoms with E-state index in [1.54, 1.807) is 0 Å². The summed E-state index contributed by atoms with van der Waals surface area (Å²) in [6, 6.07) is -0.0557. The van der Waals surface area contributed by atoms with Gasteiger partial charge in [0.25, 0.3) is 5.91 Å². The molecule has 2 aliphatic heterocycles. The first-order valence-corrected chi connectivity index (χ1v) is 9.20. The van der Waals surface area contributed by atoms with Crippen LogP contribution in [0.15, 0.2) is 0 Å².